The molecular formula is C33H30BrNO4. The second kappa shape index (κ2) is 9.02. The maximum atomic E-state index is 14.7. The average molecular weight is 585 g/mol. The molecule has 3 aromatic carbocycles. The first-order valence-electron chi connectivity index (χ1n) is 13.3. The number of para-hydroxylation sites is 1. The van der Waals surface area contributed by atoms with Gasteiger partial charge < -0.3 is 9.64 Å². The van der Waals surface area contributed by atoms with E-state index in [0.717, 1.165) is 15.7 Å². The van der Waals surface area contributed by atoms with Crippen LogP contribution in [0.4, 0.5) is 5.69 Å². The molecule has 1 spiro atoms. The summed E-state index contributed by atoms with van der Waals surface area (Å²) in [5, 5.41) is 0. The van der Waals surface area contributed by atoms with Gasteiger partial charge in [-0.05, 0) is 36.8 Å². The number of hydrogen-bond acceptors (Lipinski definition) is 5. The van der Waals surface area contributed by atoms with Gasteiger partial charge in [0.1, 0.15) is 11.2 Å². The van der Waals surface area contributed by atoms with Gasteiger partial charge in [0.05, 0.1) is 18.7 Å². The molecule has 198 valence electrons. The third-order valence-corrected chi connectivity index (χ3v) is 8.82. The van der Waals surface area contributed by atoms with E-state index in [1.807, 2.05) is 87.2 Å². The number of halogens is 1. The molecule has 2 aliphatic heterocycles. The van der Waals surface area contributed by atoms with Crippen LogP contribution < -0.4 is 9.64 Å². The molecule has 6 rings (SSSR count). The SMILES string of the molecule is CCOc1ccccc1[C@H]1[C@H](C(=O)C(C)(C)C)N2c3ccc(Br)cc3C=CC2C12C(=O)c1ccccc1C2=O. The van der Waals surface area contributed by atoms with Crippen molar-refractivity contribution in [1.29, 1.82) is 0 Å². The minimum Gasteiger partial charge on any atom is -0.494 e. The molecule has 0 aromatic heterocycles. The molecular weight excluding hydrogens is 554 g/mol. The third-order valence-electron chi connectivity index (χ3n) is 8.33. The van der Waals surface area contributed by atoms with E-state index in [4.69, 9.17) is 4.74 Å². The molecule has 1 saturated heterocycles. The first-order chi connectivity index (χ1) is 18.6. The van der Waals surface area contributed by atoms with Crippen molar-refractivity contribution in [2.24, 2.45) is 10.8 Å². The number of nitrogens with zero attached hydrogens (tertiary/aromatic N) is 1. The summed E-state index contributed by atoms with van der Waals surface area (Å²) in [5.74, 6) is -0.662. The Labute approximate surface area is 237 Å². The molecule has 0 bridgehead atoms. The lowest BCUT2D eigenvalue weighted by Gasteiger charge is -2.38. The Balaban J connectivity index is 1.72. The zero-order valence-corrected chi connectivity index (χ0v) is 24.0. The number of anilines is 1. The third kappa shape index (κ3) is 3.53. The number of hydrogen-bond donors (Lipinski definition) is 0. The molecule has 3 aliphatic rings. The Morgan fingerprint density at radius 3 is 2.26 bits per heavy atom. The van der Waals surface area contributed by atoms with Crippen molar-refractivity contribution in [2.75, 3.05) is 11.5 Å². The van der Waals surface area contributed by atoms with Crippen LogP contribution >= 0.6 is 15.9 Å². The van der Waals surface area contributed by atoms with E-state index >= 15 is 0 Å². The van der Waals surface area contributed by atoms with Gasteiger partial charge in [-0.2, -0.15) is 0 Å². The van der Waals surface area contributed by atoms with Crippen LogP contribution in [-0.4, -0.2) is 36.0 Å². The van der Waals surface area contributed by atoms with Gasteiger partial charge in [-0.25, -0.2) is 0 Å². The topological polar surface area (TPSA) is 63.7 Å². The normalized spacial score (nSPS) is 22.6. The highest BCUT2D eigenvalue weighted by molar-refractivity contribution is 9.10. The number of benzene rings is 3. The van der Waals surface area contributed by atoms with Crippen LogP contribution in [-0.2, 0) is 4.79 Å². The number of fused-ring (bicyclic) bond motifs is 5. The monoisotopic (exact) mass is 583 g/mol. The molecule has 0 saturated carbocycles. The lowest BCUT2D eigenvalue weighted by molar-refractivity contribution is -0.127. The average Bonchev–Trinajstić information content (AvgIpc) is 3.34. The fraction of sp³-hybridized carbons (Fsp3) is 0.303. The summed E-state index contributed by atoms with van der Waals surface area (Å²) in [6.45, 7) is 8.02. The van der Waals surface area contributed by atoms with Crippen molar-refractivity contribution in [3.8, 4) is 5.75 Å². The summed E-state index contributed by atoms with van der Waals surface area (Å²) in [5.41, 5.74) is 1.05. The van der Waals surface area contributed by atoms with Crippen LogP contribution in [0.25, 0.3) is 6.08 Å². The maximum absolute atomic E-state index is 14.7. The molecule has 5 nitrogen and oxygen atoms in total. The summed E-state index contributed by atoms with van der Waals surface area (Å²) in [6, 6.07) is 19.1. The van der Waals surface area contributed by atoms with Crippen LogP contribution in [0.2, 0.25) is 0 Å². The quantitative estimate of drug-likeness (QED) is 0.313. The van der Waals surface area contributed by atoms with Crippen molar-refractivity contribution < 1.29 is 19.1 Å². The van der Waals surface area contributed by atoms with Gasteiger partial charge in [-0.15, -0.1) is 0 Å². The number of rotatable bonds is 4. The van der Waals surface area contributed by atoms with Gasteiger partial charge in [-0.1, -0.05) is 91.3 Å². The van der Waals surface area contributed by atoms with Crippen LogP contribution in [0, 0.1) is 10.8 Å². The number of Topliss-reactive ketones (excluding diaryl/α,β-unsaturated/α-hetero) is 3. The van der Waals surface area contributed by atoms with Crippen LogP contribution in [0.5, 0.6) is 5.75 Å². The van der Waals surface area contributed by atoms with E-state index in [-0.39, 0.29) is 17.3 Å². The molecule has 0 N–H and O–H groups in total. The van der Waals surface area contributed by atoms with E-state index in [1.54, 1.807) is 24.3 Å². The highest BCUT2D eigenvalue weighted by Gasteiger charge is 2.72. The smallest absolute Gasteiger partial charge is 0.180 e. The molecule has 2 heterocycles. The van der Waals surface area contributed by atoms with Crippen molar-refractivity contribution in [1.82, 2.24) is 0 Å². The summed E-state index contributed by atoms with van der Waals surface area (Å²) >= 11 is 3.57. The molecule has 3 atom stereocenters. The summed E-state index contributed by atoms with van der Waals surface area (Å²) in [7, 11) is 0. The molecule has 1 aliphatic carbocycles. The van der Waals surface area contributed by atoms with Crippen molar-refractivity contribution in [3.05, 3.63) is 99.5 Å². The van der Waals surface area contributed by atoms with E-state index in [9.17, 15) is 14.4 Å². The number of ketones is 3. The van der Waals surface area contributed by atoms with Gasteiger partial charge in [0.25, 0.3) is 0 Å². The summed E-state index contributed by atoms with van der Waals surface area (Å²) in [6.07, 6.45) is 3.92. The fourth-order valence-electron chi connectivity index (χ4n) is 6.76. The van der Waals surface area contributed by atoms with Crippen LogP contribution in [0.1, 0.15) is 65.5 Å². The minimum atomic E-state index is -1.52. The molecule has 1 unspecified atom stereocenters. The van der Waals surface area contributed by atoms with Gasteiger partial charge in [0.2, 0.25) is 0 Å². The Morgan fingerprint density at radius 1 is 0.974 bits per heavy atom. The number of carbonyl (C=O) groups is 3. The lowest BCUT2D eigenvalue weighted by atomic mass is 9.63. The minimum absolute atomic E-state index is 0.0265. The van der Waals surface area contributed by atoms with Crippen LogP contribution in [0.15, 0.2) is 77.3 Å². The van der Waals surface area contributed by atoms with Gasteiger partial charge in [-0.3, -0.25) is 14.4 Å². The highest BCUT2D eigenvalue weighted by atomic mass is 79.9. The largest absolute Gasteiger partial charge is 0.494 e. The van der Waals surface area contributed by atoms with Crippen molar-refractivity contribution in [3.63, 3.8) is 0 Å². The second-order valence-electron chi connectivity index (χ2n) is 11.5. The van der Waals surface area contributed by atoms with E-state index in [0.29, 0.717) is 29.0 Å². The molecule has 3 aromatic rings. The van der Waals surface area contributed by atoms with Gasteiger partial charge in [0, 0.05) is 38.2 Å². The van der Waals surface area contributed by atoms with E-state index < -0.39 is 28.8 Å². The zero-order chi connectivity index (χ0) is 27.7. The second-order valence-corrected chi connectivity index (χ2v) is 12.4. The number of carbonyl (C=O) groups excluding carboxylic acids is 3. The Morgan fingerprint density at radius 2 is 1.62 bits per heavy atom. The molecule has 0 radical (unpaired) electrons. The van der Waals surface area contributed by atoms with Crippen molar-refractivity contribution in [2.45, 2.75) is 45.7 Å². The van der Waals surface area contributed by atoms with Crippen LogP contribution in [0.3, 0.4) is 0 Å². The van der Waals surface area contributed by atoms with Gasteiger partial charge >= 0.3 is 0 Å². The molecule has 6 heteroatoms. The van der Waals surface area contributed by atoms with E-state index in [2.05, 4.69) is 15.9 Å². The summed E-state index contributed by atoms with van der Waals surface area (Å²) in [4.78, 5) is 45.9. The first-order valence-corrected chi connectivity index (χ1v) is 14.1. The molecule has 0 amide bonds. The Bertz CT molecular complexity index is 1530. The molecule has 39 heavy (non-hydrogen) atoms. The predicted molar refractivity (Wildman–Crippen MR) is 156 cm³/mol. The lowest BCUT2D eigenvalue weighted by Crippen LogP contribution is -2.49. The van der Waals surface area contributed by atoms with Crippen molar-refractivity contribution >= 4 is 45.0 Å². The Hall–Kier alpha value is -3.51. The number of ether oxygens (including phenoxy) is 1. The fourth-order valence-corrected chi connectivity index (χ4v) is 7.14. The molecule has 1 fully saturated rings. The highest BCUT2D eigenvalue weighted by Crippen LogP contribution is 2.62. The zero-order valence-electron chi connectivity index (χ0n) is 22.4. The van der Waals surface area contributed by atoms with Gasteiger partial charge in [0.15, 0.2) is 17.3 Å². The predicted octanol–water partition coefficient (Wildman–Crippen LogP) is 6.90. The first kappa shape index (κ1) is 25.8. The van der Waals surface area contributed by atoms with E-state index in [1.165, 1.54) is 0 Å². The standard InChI is InChI=1S/C33H30BrNO4/c1-5-39-25-13-9-8-12-23(25)27-28(31(38)32(2,3)4)35-24-16-15-20(34)18-19(24)14-17-26(35)33(27)29(36)21-10-6-7-11-22(21)30(33)37/h6-18,26-28H,5H2,1-4H3/t26?,27-,28+/m0/s1. The maximum Gasteiger partial charge on any atom is 0.180 e. The Kier molecular flexibility index (Phi) is 5.96. The summed E-state index contributed by atoms with van der Waals surface area (Å²) < 4.78 is 6.99.